The van der Waals surface area contributed by atoms with Crippen molar-refractivity contribution in [2.75, 3.05) is 24.8 Å². The van der Waals surface area contributed by atoms with Crippen molar-refractivity contribution in [3.05, 3.63) is 17.8 Å². The van der Waals surface area contributed by atoms with Crippen molar-refractivity contribution in [1.82, 2.24) is 4.98 Å². The number of nitrogens with two attached hydrogens (primary N) is 1. The number of hydrogen-bond acceptors (Lipinski definition) is 5. The summed E-state index contributed by atoms with van der Waals surface area (Å²) in [4.78, 5) is 17.9. The second-order valence-corrected chi connectivity index (χ2v) is 4.65. The minimum atomic E-state index is -0.434. The van der Waals surface area contributed by atoms with Gasteiger partial charge in [-0.3, -0.25) is 0 Å². The third-order valence-electron chi connectivity index (χ3n) is 3.51. The number of nitrogens with zero attached hydrogens (tertiary/aromatic N) is 2. The molecule has 1 aromatic heterocycles. The van der Waals surface area contributed by atoms with Crippen molar-refractivity contribution in [2.24, 2.45) is 0 Å². The second-order valence-electron chi connectivity index (χ2n) is 4.65. The second kappa shape index (κ2) is 5.25. The summed E-state index contributed by atoms with van der Waals surface area (Å²) in [5.74, 6) is 0.237. The molecule has 18 heavy (non-hydrogen) atoms. The van der Waals surface area contributed by atoms with Crippen LogP contribution in [-0.4, -0.2) is 31.2 Å². The van der Waals surface area contributed by atoms with Crippen LogP contribution in [0.25, 0.3) is 0 Å². The van der Waals surface area contributed by atoms with Gasteiger partial charge in [0.2, 0.25) is 0 Å². The Morgan fingerprint density at radius 3 is 2.72 bits per heavy atom. The Balaban J connectivity index is 2.27. The molecule has 1 aromatic rings. The molecule has 1 aliphatic carbocycles. The molecular weight excluding hydrogens is 230 g/mol. The van der Waals surface area contributed by atoms with E-state index in [1.165, 1.54) is 20.0 Å². The van der Waals surface area contributed by atoms with Gasteiger partial charge in [-0.1, -0.05) is 12.8 Å². The summed E-state index contributed by atoms with van der Waals surface area (Å²) in [5, 5.41) is 0. The monoisotopic (exact) mass is 249 g/mol. The van der Waals surface area contributed by atoms with Gasteiger partial charge in [-0.15, -0.1) is 0 Å². The van der Waals surface area contributed by atoms with Crippen molar-refractivity contribution >= 4 is 17.5 Å². The van der Waals surface area contributed by atoms with Gasteiger partial charge in [0.05, 0.1) is 12.8 Å². The SMILES string of the molecule is COC(=O)c1ccc(N)c(N(C)C2CCCC2)n1. The number of pyridine rings is 1. The lowest BCUT2D eigenvalue weighted by atomic mass is 10.2. The van der Waals surface area contributed by atoms with Crippen LogP contribution in [0.1, 0.15) is 36.2 Å². The van der Waals surface area contributed by atoms with E-state index in [2.05, 4.69) is 14.6 Å². The van der Waals surface area contributed by atoms with E-state index in [0.29, 0.717) is 23.2 Å². The Kier molecular flexibility index (Phi) is 3.69. The molecule has 0 saturated heterocycles. The highest BCUT2D eigenvalue weighted by atomic mass is 16.5. The molecule has 0 unspecified atom stereocenters. The first-order valence-corrected chi connectivity index (χ1v) is 6.21. The molecule has 2 N–H and O–H groups in total. The van der Waals surface area contributed by atoms with Crippen LogP contribution in [0.2, 0.25) is 0 Å². The predicted molar refractivity (Wildman–Crippen MR) is 70.6 cm³/mol. The average Bonchev–Trinajstić information content (AvgIpc) is 2.91. The molecule has 1 heterocycles. The van der Waals surface area contributed by atoms with E-state index in [-0.39, 0.29) is 0 Å². The lowest BCUT2D eigenvalue weighted by Gasteiger charge is -2.26. The highest BCUT2D eigenvalue weighted by Gasteiger charge is 2.23. The molecule has 0 radical (unpaired) electrons. The van der Waals surface area contributed by atoms with Crippen LogP contribution in [0.15, 0.2) is 12.1 Å². The number of hydrogen-bond donors (Lipinski definition) is 1. The number of carbonyl (C=O) groups excluding carboxylic acids is 1. The summed E-state index contributed by atoms with van der Waals surface area (Å²) in [6.07, 6.45) is 4.79. The number of nitrogen functional groups attached to an aromatic ring is 1. The van der Waals surface area contributed by atoms with E-state index >= 15 is 0 Å². The van der Waals surface area contributed by atoms with Crippen molar-refractivity contribution < 1.29 is 9.53 Å². The van der Waals surface area contributed by atoms with E-state index in [4.69, 9.17) is 5.73 Å². The Hall–Kier alpha value is -1.78. The normalized spacial score (nSPS) is 15.7. The minimum absolute atomic E-state index is 0.298. The number of carbonyl (C=O) groups is 1. The fourth-order valence-corrected chi connectivity index (χ4v) is 2.42. The van der Waals surface area contributed by atoms with Gasteiger partial charge in [-0.2, -0.15) is 0 Å². The first kappa shape index (κ1) is 12.7. The summed E-state index contributed by atoms with van der Waals surface area (Å²) in [5.41, 5.74) is 6.84. The lowest BCUT2D eigenvalue weighted by molar-refractivity contribution is 0.0594. The zero-order chi connectivity index (χ0) is 13.1. The Labute approximate surface area is 107 Å². The summed E-state index contributed by atoms with van der Waals surface area (Å²) in [6.45, 7) is 0. The number of esters is 1. The van der Waals surface area contributed by atoms with Gasteiger partial charge in [0, 0.05) is 13.1 Å². The van der Waals surface area contributed by atoms with Gasteiger partial charge in [0.15, 0.2) is 11.5 Å². The number of methoxy groups -OCH3 is 1. The van der Waals surface area contributed by atoms with E-state index < -0.39 is 5.97 Å². The zero-order valence-corrected chi connectivity index (χ0v) is 10.8. The summed E-state index contributed by atoms with van der Waals surface area (Å²) >= 11 is 0. The Bertz CT molecular complexity index is 442. The third kappa shape index (κ3) is 2.39. The molecule has 1 saturated carbocycles. The first-order chi connectivity index (χ1) is 8.63. The Morgan fingerprint density at radius 1 is 1.44 bits per heavy atom. The van der Waals surface area contributed by atoms with Crippen LogP contribution in [0, 0.1) is 0 Å². The quantitative estimate of drug-likeness (QED) is 0.828. The summed E-state index contributed by atoms with van der Waals surface area (Å²) in [7, 11) is 3.33. The smallest absolute Gasteiger partial charge is 0.356 e. The molecule has 0 aliphatic heterocycles. The number of ether oxygens (including phenoxy) is 1. The van der Waals surface area contributed by atoms with Crippen LogP contribution in [-0.2, 0) is 4.74 Å². The van der Waals surface area contributed by atoms with Crippen molar-refractivity contribution in [2.45, 2.75) is 31.7 Å². The molecule has 0 aromatic carbocycles. The van der Waals surface area contributed by atoms with Gasteiger partial charge in [0.1, 0.15) is 0 Å². The predicted octanol–water partition coefficient (Wildman–Crippen LogP) is 1.83. The maximum Gasteiger partial charge on any atom is 0.356 e. The van der Waals surface area contributed by atoms with Gasteiger partial charge < -0.3 is 15.4 Å². The molecule has 1 aliphatic rings. The molecule has 0 bridgehead atoms. The van der Waals surface area contributed by atoms with Crippen molar-refractivity contribution in [3.8, 4) is 0 Å². The van der Waals surface area contributed by atoms with Gasteiger partial charge >= 0.3 is 5.97 Å². The van der Waals surface area contributed by atoms with Crippen LogP contribution < -0.4 is 10.6 Å². The number of aromatic nitrogens is 1. The fourth-order valence-electron chi connectivity index (χ4n) is 2.42. The van der Waals surface area contributed by atoms with E-state index in [1.54, 1.807) is 12.1 Å². The number of anilines is 2. The minimum Gasteiger partial charge on any atom is -0.464 e. The van der Waals surface area contributed by atoms with Gasteiger partial charge in [0.25, 0.3) is 0 Å². The molecule has 5 nitrogen and oxygen atoms in total. The number of rotatable bonds is 3. The first-order valence-electron chi connectivity index (χ1n) is 6.21. The van der Waals surface area contributed by atoms with Crippen LogP contribution >= 0.6 is 0 Å². The lowest BCUT2D eigenvalue weighted by Crippen LogP contribution is -2.30. The van der Waals surface area contributed by atoms with E-state index in [9.17, 15) is 4.79 Å². The van der Waals surface area contributed by atoms with Crippen LogP contribution in [0.5, 0.6) is 0 Å². The highest BCUT2D eigenvalue weighted by molar-refractivity contribution is 5.88. The largest absolute Gasteiger partial charge is 0.464 e. The van der Waals surface area contributed by atoms with E-state index in [1.807, 2.05) is 7.05 Å². The van der Waals surface area contributed by atoms with E-state index in [0.717, 1.165) is 12.8 Å². The molecule has 0 spiro atoms. The molecule has 5 heteroatoms. The van der Waals surface area contributed by atoms with Crippen molar-refractivity contribution in [3.63, 3.8) is 0 Å². The highest BCUT2D eigenvalue weighted by Crippen LogP contribution is 2.29. The summed E-state index contributed by atoms with van der Waals surface area (Å²) < 4.78 is 4.68. The topological polar surface area (TPSA) is 68.5 Å². The summed E-state index contributed by atoms with van der Waals surface area (Å²) in [6, 6.07) is 3.76. The van der Waals surface area contributed by atoms with Crippen molar-refractivity contribution in [1.29, 1.82) is 0 Å². The molecule has 2 rings (SSSR count). The molecular formula is C13H19N3O2. The maximum atomic E-state index is 11.5. The van der Waals surface area contributed by atoms with Crippen LogP contribution in [0.4, 0.5) is 11.5 Å². The molecule has 1 fully saturated rings. The molecule has 0 atom stereocenters. The maximum absolute atomic E-state index is 11.5. The third-order valence-corrected chi connectivity index (χ3v) is 3.51. The van der Waals surface area contributed by atoms with Crippen LogP contribution in [0.3, 0.4) is 0 Å². The van der Waals surface area contributed by atoms with Gasteiger partial charge in [-0.25, -0.2) is 9.78 Å². The molecule has 98 valence electrons. The zero-order valence-electron chi connectivity index (χ0n) is 10.8. The average molecular weight is 249 g/mol. The molecule has 0 amide bonds. The van der Waals surface area contributed by atoms with Gasteiger partial charge in [-0.05, 0) is 25.0 Å². The Morgan fingerprint density at radius 2 is 2.11 bits per heavy atom. The standard InChI is InChI=1S/C13H19N3O2/c1-16(9-5-3-4-6-9)12-10(14)7-8-11(15-12)13(17)18-2/h7-9H,3-6,14H2,1-2H3. The fraction of sp³-hybridized carbons (Fsp3) is 0.538.